The second-order valence-corrected chi connectivity index (χ2v) is 6.72. The third kappa shape index (κ3) is 4.02. The Balaban J connectivity index is 1.65. The molecule has 0 atom stereocenters. The van der Waals surface area contributed by atoms with Crippen LogP contribution in [0.3, 0.4) is 0 Å². The highest BCUT2D eigenvalue weighted by Crippen LogP contribution is 2.15. The molecule has 1 fully saturated rings. The number of amides is 2. The minimum atomic E-state index is -0.434. The van der Waals surface area contributed by atoms with Crippen LogP contribution in [-0.4, -0.2) is 52.8 Å². The van der Waals surface area contributed by atoms with Crippen molar-refractivity contribution < 1.29 is 14.0 Å². The highest BCUT2D eigenvalue weighted by atomic mass is 32.1. The molecule has 2 amide bonds. The van der Waals surface area contributed by atoms with Gasteiger partial charge in [-0.1, -0.05) is 6.07 Å². The largest absolute Gasteiger partial charge is 0.337 e. The van der Waals surface area contributed by atoms with Crippen molar-refractivity contribution in [2.24, 2.45) is 5.73 Å². The van der Waals surface area contributed by atoms with E-state index in [-0.39, 0.29) is 11.8 Å². The summed E-state index contributed by atoms with van der Waals surface area (Å²) in [4.78, 5) is 32.7. The number of halogens is 1. The molecule has 0 bridgehead atoms. The molecule has 0 aliphatic carbocycles. The highest BCUT2D eigenvalue weighted by molar-refractivity contribution is 7.09. The quantitative estimate of drug-likeness (QED) is 0.902. The SMILES string of the molecule is NCc1nc(C(=O)N2CCCN(C(=O)c3cccc(F)c3)CC2)cs1. The Morgan fingerprint density at radius 3 is 2.52 bits per heavy atom. The van der Waals surface area contributed by atoms with Gasteiger partial charge in [-0.05, 0) is 24.6 Å². The molecule has 1 aromatic heterocycles. The predicted molar refractivity (Wildman–Crippen MR) is 92.8 cm³/mol. The second-order valence-electron chi connectivity index (χ2n) is 5.78. The first-order valence-electron chi connectivity index (χ1n) is 8.07. The van der Waals surface area contributed by atoms with E-state index in [0.29, 0.717) is 50.4 Å². The van der Waals surface area contributed by atoms with Gasteiger partial charge in [0.15, 0.2) is 0 Å². The second kappa shape index (κ2) is 7.71. The van der Waals surface area contributed by atoms with E-state index in [0.717, 1.165) is 5.01 Å². The summed E-state index contributed by atoms with van der Waals surface area (Å²) in [6.45, 7) is 2.24. The van der Waals surface area contributed by atoms with E-state index in [9.17, 15) is 14.0 Å². The van der Waals surface area contributed by atoms with Crippen LogP contribution in [-0.2, 0) is 6.54 Å². The fourth-order valence-electron chi connectivity index (χ4n) is 2.79. The maximum atomic E-state index is 13.3. The smallest absolute Gasteiger partial charge is 0.273 e. The van der Waals surface area contributed by atoms with Crippen LogP contribution in [0.5, 0.6) is 0 Å². The van der Waals surface area contributed by atoms with Crippen LogP contribution in [0.15, 0.2) is 29.6 Å². The van der Waals surface area contributed by atoms with Gasteiger partial charge in [-0.15, -0.1) is 11.3 Å². The van der Waals surface area contributed by atoms with Crippen LogP contribution in [0.2, 0.25) is 0 Å². The van der Waals surface area contributed by atoms with Crippen molar-refractivity contribution >= 4 is 23.2 Å². The number of nitrogens with two attached hydrogens (primary N) is 1. The van der Waals surface area contributed by atoms with Crippen LogP contribution >= 0.6 is 11.3 Å². The molecule has 2 aromatic rings. The van der Waals surface area contributed by atoms with Crippen LogP contribution in [0.4, 0.5) is 4.39 Å². The molecule has 3 rings (SSSR count). The number of benzene rings is 1. The number of rotatable bonds is 3. The van der Waals surface area contributed by atoms with Crippen molar-refractivity contribution in [3.8, 4) is 0 Å². The third-order valence-electron chi connectivity index (χ3n) is 4.09. The molecule has 0 saturated carbocycles. The Labute approximate surface area is 149 Å². The van der Waals surface area contributed by atoms with Gasteiger partial charge in [0.1, 0.15) is 16.5 Å². The first-order chi connectivity index (χ1) is 12.1. The average Bonchev–Trinajstić information content (AvgIpc) is 2.97. The molecule has 25 heavy (non-hydrogen) atoms. The summed E-state index contributed by atoms with van der Waals surface area (Å²) < 4.78 is 13.3. The molecular weight excluding hydrogens is 343 g/mol. The van der Waals surface area contributed by atoms with Crippen LogP contribution < -0.4 is 5.73 Å². The van der Waals surface area contributed by atoms with E-state index in [1.54, 1.807) is 21.2 Å². The topological polar surface area (TPSA) is 79.5 Å². The summed E-state index contributed by atoms with van der Waals surface area (Å²) in [6.07, 6.45) is 0.667. The third-order valence-corrected chi connectivity index (χ3v) is 4.96. The Bertz CT molecular complexity index is 780. The van der Waals surface area contributed by atoms with E-state index in [4.69, 9.17) is 5.73 Å². The first-order valence-corrected chi connectivity index (χ1v) is 8.95. The lowest BCUT2D eigenvalue weighted by Gasteiger charge is -2.21. The average molecular weight is 362 g/mol. The molecule has 0 radical (unpaired) electrons. The van der Waals surface area contributed by atoms with Crippen molar-refractivity contribution in [1.82, 2.24) is 14.8 Å². The fraction of sp³-hybridized carbons (Fsp3) is 0.353. The number of aromatic nitrogens is 1. The number of hydrogen-bond donors (Lipinski definition) is 1. The minimum absolute atomic E-state index is 0.143. The number of nitrogens with zero attached hydrogens (tertiary/aromatic N) is 3. The number of hydrogen-bond acceptors (Lipinski definition) is 5. The summed E-state index contributed by atoms with van der Waals surface area (Å²) >= 11 is 1.37. The molecule has 1 saturated heterocycles. The van der Waals surface area contributed by atoms with Gasteiger partial charge in [0.2, 0.25) is 0 Å². The van der Waals surface area contributed by atoms with E-state index in [1.165, 1.54) is 29.5 Å². The van der Waals surface area contributed by atoms with Crippen molar-refractivity contribution in [3.63, 3.8) is 0 Å². The fourth-order valence-corrected chi connectivity index (χ4v) is 3.44. The summed E-state index contributed by atoms with van der Waals surface area (Å²) in [6, 6.07) is 5.67. The maximum absolute atomic E-state index is 13.3. The predicted octanol–water partition coefficient (Wildman–Crippen LogP) is 1.73. The lowest BCUT2D eigenvalue weighted by molar-refractivity contribution is 0.0716. The molecule has 6 nitrogen and oxygen atoms in total. The van der Waals surface area contributed by atoms with Gasteiger partial charge in [-0.25, -0.2) is 9.37 Å². The molecule has 2 heterocycles. The Morgan fingerprint density at radius 2 is 1.88 bits per heavy atom. The van der Waals surface area contributed by atoms with Crippen molar-refractivity contribution in [2.45, 2.75) is 13.0 Å². The molecule has 132 valence electrons. The summed E-state index contributed by atoms with van der Waals surface area (Å²) in [7, 11) is 0. The van der Waals surface area contributed by atoms with Gasteiger partial charge in [-0.2, -0.15) is 0 Å². The lowest BCUT2D eigenvalue weighted by Crippen LogP contribution is -2.37. The van der Waals surface area contributed by atoms with Gasteiger partial charge in [0.05, 0.1) is 0 Å². The molecule has 8 heteroatoms. The monoisotopic (exact) mass is 362 g/mol. The Hall–Kier alpha value is -2.32. The standard InChI is InChI=1S/C17H19FN4O2S/c18-13-4-1-3-12(9-13)16(23)21-5-2-6-22(8-7-21)17(24)14-11-25-15(10-19)20-14/h1,3-4,9,11H,2,5-8,10,19H2. The normalized spacial score (nSPS) is 15.1. The first kappa shape index (κ1) is 17.5. The zero-order valence-electron chi connectivity index (χ0n) is 13.7. The van der Waals surface area contributed by atoms with Crippen LogP contribution in [0.1, 0.15) is 32.3 Å². The summed E-state index contributed by atoms with van der Waals surface area (Å²) in [5.41, 5.74) is 6.26. The van der Waals surface area contributed by atoms with Crippen LogP contribution in [0.25, 0.3) is 0 Å². The number of carbonyl (C=O) groups excluding carboxylic acids is 2. The van der Waals surface area contributed by atoms with E-state index in [1.807, 2.05) is 0 Å². The summed E-state index contributed by atoms with van der Waals surface area (Å²) in [5, 5.41) is 2.44. The van der Waals surface area contributed by atoms with Gasteiger partial charge < -0.3 is 15.5 Å². The van der Waals surface area contributed by atoms with Crippen molar-refractivity contribution in [2.75, 3.05) is 26.2 Å². The molecular formula is C17H19FN4O2S. The lowest BCUT2D eigenvalue weighted by atomic mass is 10.2. The van der Waals surface area contributed by atoms with Crippen molar-refractivity contribution in [3.05, 3.63) is 51.7 Å². The molecule has 0 spiro atoms. The molecule has 0 unspecified atom stereocenters. The van der Waals surface area contributed by atoms with Gasteiger partial charge >= 0.3 is 0 Å². The number of carbonyl (C=O) groups is 2. The summed E-state index contributed by atoms with van der Waals surface area (Å²) in [5.74, 6) is -0.791. The van der Waals surface area contributed by atoms with Crippen LogP contribution in [0, 0.1) is 5.82 Å². The van der Waals surface area contributed by atoms with Gasteiger partial charge in [-0.3, -0.25) is 9.59 Å². The van der Waals surface area contributed by atoms with Gasteiger partial charge in [0, 0.05) is 43.7 Å². The highest BCUT2D eigenvalue weighted by Gasteiger charge is 2.24. The molecule has 1 aliphatic rings. The zero-order valence-corrected chi connectivity index (χ0v) is 14.5. The maximum Gasteiger partial charge on any atom is 0.273 e. The Morgan fingerprint density at radius 1 is 1.16 bits per heavy atom. The van der Waals surface area contributed by atoms with Crippen molar-refractivity contribution in [1.29, 1.82) is 0 Å². The van der Waals surface area contributed by atoms with E-state index < -0.39 is 5.82 Å². The van der Waals surface area contributed by atoms with E-state index in [2.05, 4.69) is 4.98 Å². The van der Waals surface area contributed by atoms with Gasteiger partial charge in [0.25, 0.3) is 11.8 Å². The number of thiazole rings is 1. The zero-order chi connectivity index (χ0) is 17.8. The van der Waals surface area contributed by atoms with E-state index >= 15 is 0 Å². The molecule has 1 aliphatic heterocycles. The molecule has 2 N–H and O–H groups in total. The minimum Gasteiger partial charge on any atom is -0.337 e. The Kier molecular flexibility index (Phi) is 5.40. The molecule has 1 aromatic carbocycles.